The molecule has 2 aliphatic rings. The van der Waals surface area contributed by atoms with Gasteiger partial charge in [-0.3, -0.25) is 4.79 Å². The van der Waals surface area contributed by atoms with Crippen molar-refractivity contribution in [3.8, 4) is 5.75 Å². The van der Waals surface area contributed by atoms with Gasteiger partial charge in [-0.1, -0.05) is 12.8 Å². The Morgan fingerprint density at radius 3 is 2.29 bits per heavy atom. The van der Waals surface area contributed by atoms with Gasteiger partial charge in [0.05, 0.1) is 50.3 Å². The second-order valence-corrected chi connectivity index (χ2v) is 9.51. The third-order valence-electron chi connectivity index (χ3n) is 5.86. The number of ether oxygens (including phenoxy) is 1. The molecule has 7 nitrogen and oxygen atoms in total. The van der Waals surface area contributed by atoms with Crippen molar-refractivity contribution in [3.05, 3.63) is 23.8 Å². The Balaban J connectivity index is 1.86. The van der Waals surface area contributed by atoms with Crippen molar-refractivity contribution in [1.82, 2.24) is 9.21 Å². The van der Waals surface area contributed by atoms with E-state index in [1.54, 1.807) is 12.1 Å². The van der Waals surface area contributed by atoms with Gasteiger partial charge in [-0.2, -0.15) is 4.31 Å². The second-order valence-electron chi connectivity index (χ2n) is 7.58. The van der Waals surface area contributed by atoms with E-state index < -0.39 is 10.0 Å². The molecule has 0 bridgehead atoms. The van der Waals surface area contributed by atoms with E-state index in [-0.39, 0.29) is 10.8 Å². The SMILES string of the molecule is CC[NH+]1CCN(S(=O)(=O)c2ccc(OC)c(C(=O)N3CCCCCC3)c2)CC1. The molecule has 0 saturated carbocycles. The molecule has 0 atom stereocenters. The van der Waals surface area contributed by atoms with Crippen molar-refractivity contribution in [2.45, 2.75) is 37.5 Å². The van der Waals surface area contributed by atoms with Gasteiger partial charge < -0.3 is 14.5 Å². The number of carbonyl (C=O) groups excluding carboxylic acids is 1. The molecule has 0 unspecified atom stereocenters. The summed E-state index contributed by atoms with van der Waals surface area (Å²) in [5, 5.41) is 0. The number of hydrogen-bond acceptors (Lipinski definition) is 4. The van der Waals surface area contributed by atoms with Crippen LogP contribution in [0.25, 0.3) is 0 Å². The van der Waals surface area contributed by atoms with E-state index >= 15 is 0 Å². The fourth-order valence-corrected chi connectivity index (χ4v) is 5.47. The standard InChI is InChI=1S/C20H31N3O4S/c1-3-21-12-14-23(15-13-21)28(25,26)17-8-9-19(27-2)18(16-17)20(24)22-10-6-4-5-7-11-22/h8-9,16H,3-7,10-15H2,1-2H3/p+1. The van der Waals surface area contributed by atoms with E-state index in [9.17, 15) is 13.2 Å². The fraction of sp³-hybridized carbons (Fsp3) is 0.650. The lowest BCUT2D eigenvalue weighted by molar-refractivity contribution is -0.901. The summed E-state index contributed by atoms with van der Waals surface area (Å²) < 4.78 is 33.2. The molecule has 156 valence electrons. The monoisotopic (exact) mass is 410 g/mol. The average molecular weight is 411 g/mol. The highest BCUT2D eigenvalue weighted by molar-refractivity contribution is 7.89. The van der Waals surface area contributed by atoms with Crippen molar-refractivity contribution < 1.29 is 22.8 Å². The lowest BCUT2D eigenvalue weighted by Crippen LogP contribution is -3.14. The van der Waals surface area contributed by atoms with Crippen LogP contribution >= 0.6 is 0 Å². The number of amides is 1. The number of methoxy groups -OCH3 is 1. The molecule has 2 fully saturated rings. The van der Waals surface area contributed by atoms with E-state index in [1.807, 2.05) is 4.90 Å². The molecule has 0 aromatic heterocycles. The Labute approximate surface area is 168 Å². The summed E-state index contributed by atoms with van der Waals surface area (Å²) in [7, 11) is -2.11. The number of likely N-dealkylation sites (N-methyl/N-ethyl adjacent to an activating group) is 1. The fourth-order valence-electron chi connectivity index (χ4n) is 4.00. The number of rotatable bonds is 5. The van der Waals surface area contributed by atoms with Crippen LogP contribution in [-0.4, -0.2) is 76.5 Å². The Morgan fingerprint density at radius 1 is 1.07 bits per heavy atom. The van der Waals surface area contributed by atoms with Gasteiger partial charge in [-0.05, 0) is 38.0 Å². The zero-order valence-corrected chi connectivity index (χ0v) is 17.8. The summed E-state index contributed by atoms with van der Waals surface area (Å²) in [6.45, 7) is 7.17. The molecule has 1 aromatic carbocycles. The van der Waals surface area contributed by atoms with E-state index in [0.717, 1.165) is 45.3 Å². The maximum absolute atomic E-state index is 13.1. The lowest BCUT2D eigenvalue weighted by atomic mass is 10.1. The van der Waals surface area contributed by atoms with Crippen molar-refractivity contribution >= 4 is 15.9 Å². The van der Waals surface area contributed by atoms with Crippen LogP contribution in [-0.2, 0) is 10.0 Å². The molecular weight excluding hydrogens is 378 g/mol. The highest BCUT2D eigenvalue weighted by Crippen LogP contribution is 2.27. The van der Waals surface area contributed by atoms with Crippen LogP contribution in [0.3, 0.4) is 0 Å². The zero-order valence-electron chi connectivity index (χ0n) is 16.9. The van der Waals surface area contributed by atoms with Gasteiger partial charge in [0.15, 0.2) is 0 Å². The predicted octanol–water partition coefficient (Wildman–Crippen LogP) is 0.621. The molecule has 0 aliphatic carbocycles. The molecular formula is C20H32N3O4S+. The first kappa shape index (κ1) is 21.1. The first-order chi connectivity index (χ1) is 13.5. The maximum atomic E-state index is 13.1. The molecule has 2 aliphatic heterocycles. The number of likely N-dealkylation sites (tertiary alicyclic amines) is 1. The topological polar surface area (TPSA) is 71.4 Å². The number of hydrogen-bond donors (Lipinski definition) is 1. The van der Waals surface area contributed by atoms with Crippen LogP contribution in [0.15, 0.2) is 23.1 Å². The second kappa shape index (κ2) is 9.24. The molecule has 3 rings (SSSR count). The Kier molecular flexibility index (Phi) is 6.95. The van der Waals surface area contributed by atoms with Crippen molar-refractivity contribution in [3.63, 3.8) is 0 Å². The highest BCUT2D eigenvalue weighted by atomic mass is 32.2. The van der Waals surface area contributed by atoms with E-state index in [2.05, 4.69) is 6.92 Å². The van der Waals surface area contributed by atoms with Crippen LogP contribution in [0.4, 0.5) is 0 Å². The van der Waals surface area contributed by atoms with Crippen LogP contribution < -0.4 is 9.64 Å². The van der Waals surface area contributed by atoms with Gasteiger partial charge in [-0.25, -0.2) is 8.42 Å². The normalized spacial score (nSPS) is 20.0. The molecule has 1 aromatic rings. The summed E-state index contributed by atoms with van der Waals surface area (Å²) in [5.41, 5.74) is 0.336. The Bertz CT molecular complexity index is 781. The maximum Gasteiger partial charge on any atom is 0.257 e. The first-order valence-corrected chi connectivity index (χ1v) is 11.7. The van der Waals surface area contributed by atoms with Gasteiger partial charge in [0, 0.05) is 13.1 Å². The van der Waals surface area contributed by atoms with Crippen LogP contribution in [0.5, 0.6) is 5.75 Å². The van der Waals surface area contributed by atoms with E-state index in [0.29, 0.717) is 37.5 Å². The number of quaternary nitrogens is 1. The molecule has 28 heavy (non-hydrogen) atoms. The predicted molar refractivity (Wildman–Crippen MR) is 107 cm³/mol. The van der Waals surface area contributed by atoms with Gasteiger partial charge in [0.25, 0.3) is 5.91 Å². The minimum atomic E-state index is -3.62. The number of nitrogens with zero attached hydrogens (tertiary/aromatic N) is 2. The minimum Gasteiger partial charge on any atom is -0.496 e. The van der Waals surface area contributed by atoms with E-state index in [4.69, 9.17) is 4.74 Å². The summed E-state index contributed by atoms with van der Waals surface area (Å²) in [4.78, 5) is 16.5. The molecule has 1 amide bonds. The van der Waals surface area contributed by atoms with E-state index in [1.165, 1.54) is 22.4 Å². The van der Waals surface area contributed by atoms with Gasteiger partial charge >= 0.3 is 0 Å². The number of sulfonamides is 1. The molecule has 2 saturated heterocycles. The lowest BCUT2D eigenvalue weighted by Gasteiger charge is -2.31. The molecule has 0 radical (unpaired) electrons. The highest BCUT2D eigenvalue weighted by Gasteiger charge is 2.31. The number of piperazine rings is 1. The zero-order chi connectivity index (χ0) is 20.1. The number of benzene rings is 1. The number of nitrogens with one attached hydrogen (secondary N) is 1. The van der Waals surface area contributed by atoms with Crippen molar-refractivity contribution in [2.75, 3.05) is 52.9 Å². The Morgan fingerprint density at radius 2 is 1.71 bits per heavy atom. The first-order valence-electron chi connectivity index (χ1n) is 10.3. The summed E-state index contributed by atoms with van der Waals surface area (Å²) in [6.07, 6.45) is 4.22. The quantitative estimate of drug-likeness (QED) is 0.773. The van der Waals surface area contributed by atoms with Crippen molar-refractivity contribution in [2.24, 2.45) is 0 Å². The van der Waals surface area contributed by atoms with Crippen LogP contribution in [0.1, 0.15) is 43.0 Å². The number of carbonyl (C=O) groups is 1. The third-order valence-corrected chi connectivity index (χ3v) is 7.76. The third kappa shape index (κ3) is 4.50. The van der Waals surface area contributed by atoms with Crippen molar-refractivity contribution in [1.29, 1.82) is 0 Å². The largest absolute Gasteiger partial charge is 0.496 e. The minimum absolute atomic E-state index is 0.143. The molecule has 1 N–H and O–H groups in total. The van der Waals surface area contributed by atoms with Gasteiger partial charge in [-0.15, -0.1) is 0 Å². The average Bonchev–Trinajstić information content (AvgIpc) is 3.02. The van der Waals surface area contributed by atoms with Crippen LogP contribution in [0.2, 0.25) is 0 Å². The molecule has 0 spiro atoms. The molecule has 8 heteroatoms. The molecule has 2 heterocycles. The summed E-state index contributed by atoms with van der Waals surface area (Å²) in [6, 6.07) is 4.65. The van der Waals surface area contributed by atoms with Gasteiger partial charge in [0.1, 0.15) is 5.75 Å². The van der Waals surface area contributed by atoms with Crippen LogP contribution in [0, 0.1) is 0 Å². The Hall–Kier alpha value is -1.64. The van der Waals surface area contributed by atoms with Gasteiger partial charge in [0.2, 0.25) is 10.0 Å². The summed E-state index contributed by atoms with van der Waals surface area (Å²) in [5.74, 6) is 0.282. The summed E-state index contributed by atoms with van der Waals surface area (Å²) >= 11 is 0. The smallest absolute Gasteiger partial charge is 0.257 e.